The lowest BCUT2D eigenvalue weighted by molar-refractivity contribution is -0.192. The molecule has 0 heterocycles. The highest BCUT2D eigenvalue weighted by Gasteiger charge is 2.71. The summed E-state index contributed by atoms with van der Waals surface area (Å²) in [5.41, 5.74) is -0.245. The normalized spacial score (nSPS) is 45.9. The van der Waals surface area contributed by atoms with Crippen molar-refractivity contribution >= 4 is 11.8 Å². The minimum atomic E-state index is -0.578. The summed E-state index contributed by atoms with van der Waals surface area (Å²) in [5, 5.41) is 11.0. The molecule has 5 nitrogen and oxygen atoms in total. The monoisotopic (exact) mass is 507 g/mol. The zero-order valence-electron chi connectivity index (χ0n) is 24.1. The Kier molecular flexibility index (Phi) is 5.54. The zero-order valence-corrected chi connectivity index (χ0v) is 24.1. The van der Waals surface area contributed by atoms with Gasteiger partial charge in [-0.15, -0.1) is 0 Å². The number of hydrogen-bond acceptors (Lipinski definition) is 4. The second kappa shape index (κ2) is 7.73. The number of ether oxygens (including phenoxy) is 1. The van der Waals surface area contributed by atoms with Crippen LogP contribution in [0, 0.1) is 56.8 Å². The number of ketones is 1. The molecule has 0 aromatic heterocycles. The van der Waals surface area contributed by atoms with E-state index in [0.717, 1.165) is 44.9 Å². The largest absolute Gasteiger partial charge is 0.523 e. The van der Waals surface area contributed by atoms with E-state index in [1.54, 1.807) is 0 Å². The minimum Gasteiger partial charge on any atom is -0.523 e. The molecule has 0 spiro atoms. The van der Waals surface area contributed by atoms with Gasteiger partial charge < -0.3 is 9.84 Å². The van der Waals surface area contributed by atoms with Crippen LogP contribution in [-0.4, -0.2) is 24.0 Å². The molecule has 3 fully saturated rings. The Morgan fingerprint density at radius 3 is 2.32 bits per heavy atom. The molecule has 0 bridgehead atoms. The summed E-state index contributed by atoms with van der Waals surface area (Å²) >= 11 is 0. The van der Waals surface area contributed by atoms with E-state index in [4.69, 9.17) is 11.3 Å². The van der Waals surface area contributed by atoms with Gasteiger partial charge in [0.25, 0.3) is 0 Å². The molecule has 0 aromatic rings. The highest BCUT2D eigenvalue weighted by Crippen LogP contribution is 2.75. The molecule has 3 saturated carbocycles. The van der Waals surface area contributed by atoms with Gasteiger partial charge in [-0.2, -0.15) is 0 Å². The summed E-state index contributed by atoms with van der Waals surface area (Å²) in [5.74, 6) is 0.174. The van der Waals surface area contributed by atoms with Crippen molar-refractivity contribution in [1.82, 2.24) is 0 Å². The first kappa shape index (κ1) is 26.5. The second-order valence-electron chi connectivity index (χ2n) is 15.1. The topological polar surface area (TPSA) is 68.0 Å². The summed E-state index contributed by atoms with van der Waals surface area (Å²) in [7, 11) is 1.49. The average molecular weight is 508 g/mol. The standard InChI is InChI=1S/C32H45NO4/c1-27(2)12-14-32(26(36)37-9)15-13-31(7)24(19(32)17-27)21(34)16-23-29(5)18-20(33-8)25(35)28(3,4)22(29)10-11-30(23,31)6/h16,19,22,24,35H,10-15,17-18H2,1-7,9H3/t19-,22-,24-,29-,30+,31+,32-/m0/s1. The molecule has 1 N–H and O–H groups in total. The second-order valence-corrected chi connectivity index (χ2v) is 15.1. The number of nitrogens with zero attached hydrogens (tertiary/aromatic N) is 1. The van der Waals surface area contributed by atoms with E-state index in [9.17, 15) is 14.7 Å². The van der Waals surface area contributed by atoms with E-state index in [1.807, 2.05) is 6.08 Å². The summed E-state index contributed by atoms with van der Waals surface area (Å²) in [6.07, 6.45) is 8.54. The van der Waals surface area contributed by atoms with Crippen molar-refractivity contribution < 1.29 is 19.4 Å². The van der Waals surface area contributed by atoms with Gasteiger partial charge in [0, 0.05) is 11.3 Å². The molecule has 5 rings (SSSR count). The van der Waals surface area contributed by atoms with Crippen molar-refractivity contribution in [1.29, 1.82) is 0 Å². The van der Waals surface area contributed by atoms with Gasteiger partial charge in [-0.1, -0.05) is 54.0 Å². The number of esters is 1. The Morgan fingerprint density at radius 1 is 1.05 bits per heavy atom. The van der Waals surface area contributed by atoms with Gasteiger partial charge in [-0.25, -0.2) is 4.85 Å². The van der Waals surface area contributed by atoms with Gasteiger partial charge in [-0.05, 0) is 90.9 Å². The lowest BCUT2D eigenvalue weighted by Crippen LogP contribution is -2.65. The van der Waals surface area contributed by atoms with Crippen molar-refractivity contribution in [2.24, 2.45) is 50.2 Å². The Balaban J connectivity index is 1.68. The van der Waals surface area contributed by atoms with Gasteiger partial charge in [0.15, 0.2) is 5.78 Å². The summed E-state index contributed by atoms with van der Waals surface area (Å²) < 4.78 is 5.42. The van der Waals surface area contributed by atoms with Crippen LogP contribution in [0.5, 0.6) is 0 Å². The number of methoxy groups -OCH3 is 1. The molecule has 37 heavy (non-hydrogen) atoms. The number of fused-ring (bicyclic) bond motifs is 7. The molecule has 7 atom stereocenters. The molecule has 5 aliphatic carbocycles. The Bertz CT molecular complexity index is 1170. The average Bonchev–Trinajstić information content (AvgIpc) is 2.82. The third-order valence-corrected chi connectivity index (χ3v) is 12.7. The van der Waals surface area contributed by atoms with Crippen LogP contribution >= 0.6 is 0 Å². The fourth-order valence-corrected chi connectivity index (χ4v) is 10.4. The van der Waals surface area contributed by atoms with Crippen molar-refractivity contribution in [3.63, 3.8) is 0 Å². The van der Waals surface area contributed by atoms with Crippen LogP contribution in [0.4, 0.5) is 0 Å². The maximum absolute atomic E-state index is 14.4. The molecule has 0 radical (unpaired) electrons. The zero-order chi connectivity index (χ0) is 27.4. The number of hydrogen-bond donors (Lipinski definition) is 1. The van der Waals surface area contributed by atoms with Gasteiger partial charge >= 0.3 is 5.97 Å². The van der Waals surface area contributed by atoms with Gasteiger partial charge in [0.1, 0.15) is 5.76 Å². The molecule has 5 heteroatoms. The van der Waals surface area contributed by atoms with Crippen LogP contribution in [0.3, 0.4) is 0 Å². The lowest BCUT2D eigenvalue weighted by Gasteiger charge is -2.69. The van der Waals surface area contributed by atoms with Crippen LogP contribution < -0.4 is 0 Å². The van der Waals surface area contributed by atoms with Crippen LogP contribution in [0.1, 0.15) is 99.8 Å². The first-order chi connectivity index (χ1) is 17.0. The van der Waals surface area contributed by atoms with E-state index < -0.39 is 10.8 Å². The number of aliphatic hydroxyl groups is 1. The molecule has 0 aliphatic heterocycles. The SMILES string of the molecule is [C-]#[N+]C1=C(O)C(C)(C)[C@@H]2CC[C@]3(C)C(=CC(=O)[C@@H]4[C@@H]5CC(C)(C)CC[C@]5(C(=O)OC)CC[C@]43C)[C@@]2(C)C1. The maximum atomic E-state index is 14.4. The molecule has 5 aliphatic rings. The van der Waals surface area contributed by atoms with Crippen molar-refractivity contribution in [3.05, 3.63) is 34.5 Å². The molecular weight excluding hydrogens is 462 g/mol. The fraction of sp³-hybridized carbons (Fsp3) is 0.781. The number of allylic oxidation sites excluding steroid dienone is 4. The van der Waals surface area contributed by atoms with Gasteiger partial charge in [0.2, 0.25) is 5.70 Å². The van der Waals surface area contributed by atoms with E-state index in [1.165, 1.54) is 12.7 Å². The third-order valence-electron chi connectivity index (χ3n) is 12.7. The smallest absolute Gasteiger partial charge is 0.312 e. The minimum absolute atomic E-state index is 0.0272. The molecule has 0 amide bonds. The van der Waals surface area contributed by atoms with E-state index in [0.29, 0.717) is 12.1 Å². The lowest BCUT2D eigenvalue weighted by atomic mass is 9.34. The predicted molar refractivity (Wildman–Crippen MR) is 143 cm³/mol. The van der Waals surface area contributed by atoms with Crippen LogP contribution in [0.2, 0.25) is 0 Å². The summed E-state index contributed by atoms with van der Waals surface area (Å²) in [6, 6.07) is 0. The predicted octanol–water partition coefficient (Wildman–Crippen LogP) is 7.44. The highest BCUT2D eigenvalue weighted by atomic mass is 16.5. The van der Waals surface area contributed by atoms with E-state index in [-0.39, 0.29) is 56.9 Å². The molecule has 0 saturated heterocycles. The summed E-state index contributed by atoms with van der Waals surface area (Å²) in [6.45, 7) is 23.4. The molecule has 202 valence electrons. The van der Waals surface area contributed by atoms with Crippen molar-refractivity contribution in [2.45, 2.75) is 99.8 Å². The number of carbonyl (C=O) groups is 2. The van der Waals surface area contributed by atoms with Crippen molar-refractivity contribution in [3.8, 4) is 0 Å². The molecule has 0 aromatic carbocycles. The summed E-state index contributed by atoms with van der Waals surface area (Å²) in [4.78, 5) is 31.5. The van der Waals surface area contributed by atoms with Crippen LogP contribution in [-0.2, 0) is 14.3 Å². The first-order valence-corrected chi connectivity index (χ1v) is 14.2. The molecular formula is C32H45NO4. The van der Waals surface area contributed by atoms with E-state index >= 15 is 0 Å². The Morgan fingerprint density at radius 2 is 1.70 bits per heavy atom. The van der Waals surface area contributed by atoms with E-state index in [2.05, 4.69) is 53.3 Å². The number of rotatable bonds is 1. The van der Waals surface area contributed by atoms with Crippen LogP contribution in [0.15, 0.2) is 23.1 Å². The van der Waals surface area contributed by atoms with Crippen molar-refractivity contribution in [2.75, 3.05) is 7.11 Å². The van der Waals surface area contributed by atoms with Crippen LogP contribution in [0.25, 0.3) is 4.85 Å². The number of carbonyl (C=O) groups excluding carboxylic acids is 2. The Labute approximate surface area is 222 Å². The third kappa shape index (κ3) is 3.14. The molecule has 0 unspecified atom stereocenters. The fourth-order valence-electron chi connectivity index (χ4n) is 10.4. The first-order valence-electron chi connectivity index (χ1n) is 14.2. The quantitative estimate of drug-likeness (QED) is 0.296. The van der Waals surface area contributed by atoms with Gasteiger partial charge in [-0.3, -0.25) is 9.59 Å². The maximum Gasteiger partial charge on any atom is 0.312 e. The highest BCUT2D eigenvalue weighted by molar-refractivity contribution is 5.96. The Hall–Kier alpha value is -2.09. The number of aliphatic hydroxyl groups excluding tert-OH is 1. The van der Waals surface area contributed by atoms with Gasteiger partial charge in [0.05, 0.1) is 19.1 Å².